The van der Waals surface area contributed by atoms with Crippen molar-refractivity contribution in [1.29, 1.82) is 0 Å². The maximum atomic E-state index is 12.2. The summed E-state index contributed by atoms with van der Waals surface area (Å²) in [6.45, 7) is 6.24. The first kappa shape index (κ1) is 12.1. The first-order valence-electron chi connectivity index (χ1n) is 6.11. The van der Waals surface area contributed by atoms with Crippen LogP contribution in [0.4, 0.5) is 0 Å². The van der Waals surface area contributed by atoms with Gasteiger partial charge >= 0.3 is 5.97 Å². The van der Waals surface area contributed by atoms with Crippen molar-refractivity contribution >= 4 is 5.97 Å². The van der Waals surface area contributed by atoms with E-state index in [-0.39, 0.29) is 12.0 Å². The predicted octanol–water partition coefficient (Wildman–Crippen LogP) is 1.11. The second-order valence-electron chi connectivity index (χ2n) is 4.46. The van der Waals surface area contributed by atoms with Crippen LogP contribution in [0.25, 0.3) is 0 Å². The summed E-state index contributed by atoms with van der Waals surface area (Å²) >= 11 is 0. The molecule has 0 aliphatic carbocycles. The van der Waals surface area contributed by atoms with Gasteiger partial charge in [-0.05, 0) is 20.3 Å². The third-order valence-electron chi connectivity index (χ3n) is 3.28. The molecule has 0 unspecified atom stereocenters. The maximum absolute atomic E-state index is 12.2. The molecule has 1 aromatic rings. The van der Waals surface area contributed by atoms with Gasteiger partial charge in [0, 0.05) is 18.2 Å². The van der Waals surface area contributed by atoms with Gasteiger partial charge in [-0.3, -0.25) is 5.32 Å². The van der Waals surface area contributed by atoms with Crippen molar-refractivity contribution in [2.75, 3.05) is 6.61 Å². The largest absolute Gasteiger partial charge is 0.464 e. The Balaban J connectivity index is 2.44. The summed E-state index contributed by atoms with van der Waals surface area (Å²) in [6.07, 6.45) is 3.14. The normalized spacial score (nSPS) is 27.6. The van der Waals surface area contributed by atoms with Crippen molar-refractivity contribution in [1.82, 2.24) is 15.3 Å². The van der Waals surface area contributed by atoms with Crippen LogP contribution in [0.2, 0.25) is 0 Å². The summed E-state index contributed by atoms with van der Waals surface area (Å²) in [7, 11) is 0. The van der Waals surface area contributed by atoms with E-state index >= 15 is 0 Å². The summed E-state index contributed by atoms with van der Waals surface area (Å²) in [5.74, 6) is -0.234. The molecule has 0 spiro atoms. The summed E-state index contributed by atoms with van der Waals surface area (Å²) in [4.78, 5) is 19.6. The van der Waals surface area contributed by atoms with Crippen LogP contribution in [0, 0.1) is 0 Å². The monoisotopic (exact) mass is 237 g/mol. The van der Waals surface area contributed by atoms with Gasteiger partial charge in [0.1, 0.15) is 0 Å². The van der Waals surface area contributed by atoms with E-state index in [9.17, 15) is 4.79 Å². The first-order valence-corrected chi connectivity index (χ1v) is 6.11. The number of carbonyl (C=O) groups excluding carboxylic acids is 1. The number of hydrogen-bond donors (Lipinski definition) is 2. The molecule has 2 N–H and O–H groups in total. The van der Waals surface area contributed by atoms with Crippen molar-refractivity contribution in [3.05, 3.63) is 17.7 Å². The quantitative estimate of drug-likeness (QED) is 0.773. The van der Waals surface area contributed by atoms with E-state index in [1.165, 1.54) is 0 Å². The van der Waals surface area contributed by atoms with Crippen LogP contribution in [0.1, 0.15) is 38.6 Å². The number of esters is 1. The van der Waals surface area contributed by atoms with Crippen LogP contribution in [0.5, 0.6) is 0 Å². The number of hydrogen-bond acceptors (Lipinski definition) is 4. The van der Waals surface area contributed by atoms with E-state index in [4.69, 9.17) is 4.74 Å². The zero-order valence-corrected chi connectivity index (χ0v) is 10.5. The van der Waals surface area contributed by atoms with Crippen molar-refractivity contribution in [3.8, 4) is 0 Å². The molecule has 0 amide bonds. The highest BCUT2D eigenvalue weighted by molar-refractivity contribution is 5.82. The predicted molar refractivity (Wildman–Crippen MR) is 63.5 cm³/mol. The lowest BCUT2D eigenvalue weighted by Crippen LogP contribution is -2.57. The van der Waals surface area contributed by atoms with Gasteiger partial charge in [-0.2, -0.15) is 0 Å². The molecule has 1 aliphatic rings. The van der Waals surface area contributed by atoms with Gasteiger partial charge in [-0.1, -0.05) is 6.92 Å². The van der Waals surface area contributed by atoms with Gasteiger partial charge in [-0.25, -0.2) is 9.78 Å². The molecule has 0 aromatic carbocycles. The van der Waals surface area contributed by atoms with E-state index < -0.39 is 5.54 Å². The fourth-order valence-electron chi connectivity index (χ4n) is 2.51. The highest BCUT2D eigenvalue weighted by Gasteiger charge is 2.47. The number of ether oxygens (including phenoxy) is 1. The minimum atomic E-state index is -0.789. The van der Waals surface area contributed by atoms with Crippen LogP contribution < -0.4 is 5.32 Å². The number of fused-ring (bicyclic) bond motifs is 1. The number of carbonyl (C=O) groups is 1. The number of rotatable bonds is 3. The molecule has 0 saturated heterocycles. The summed E-state index contributed by atoms with van der Waals surface area (Å²) in [6, 6.07) is 0.229. The van der Waals surface area contributed by atoms with Gasteiger partial charge in [0.25, 0.3) is 0 Å². The zero-order chi connectivity index (χ0) is 12.5. The average Bonchev–Trinajstić information content (AvgIpc) is 2.76. The third kappa shape index (κ3) is 1.84. The molecule has 0 bridgehead atoms. The Kier molecular flexibility index (Phi) is 3.19. The van der Waals surface area contributed by atoms with Crippen LogP contribution >= 0.6 is 0 Å². The van der Waals surface area contributed by atoms with Gasteiger partial charge in [0.15, 0.2) is 5.54 Å². The molecule has 2 heterocycles. The Morgan fingerprint density at radius 3 is 3.06 bits per heavy atom. The molecule has 1 aliphatic heterocycles. The average molecular weight is 237 g/mol. The highest BCUT2D eigenvalue weighted by atomic mass is 16.5. The number of aromatic amines is 1. The number of H-pyrrole nitrogens is 1. The van der Waals surface area contributed by atoms with Gasteiger partial charge in [-0.15, -0.1) is 0 Å². The number of nitrogens with zero attached hydrogens (tertiary/aromatic N) is 1. The van der Waals surface area contributed by atoms with Crippen molar-refractivity contribution in [2.24, 2.45) is 0 Å². The lowest BCUT2D eigenvalue weighted by Gasteiger charge is -2.37. The minimum Gasteiger partial charge on any atom is -0.464 e. The molecule has 5 nitrogen and oxygen atoms in total. The molecule has 1 aromatic heterocycles. The van der Waals surface area contributed by atoms with Crippen molar-refractivity contribution in [3.63, 3.8) is 0 Å². The topological polar surface area (TPSA) is 67.0 Å². The smallest absolute Gasteiger partial charge is 0.332 e. The molecular formula is C12H19N3O2. The molecule has 0 fully saturated rings. The van der Waals surface area contributed by atoms with Gasteiger partial charge in [0.2, 0.25) is 0 Å². The van der Waals surface area contributed by atoms with Gasteiger partial charge in [0.05, 0.1) is 18.6 Å². The van der Waals surface area contributed by atoms with E-state index in [1.807, 2.05) is 13.8 Å². The Bertz CT molecular complexity index is 416. The Labute approximate surface area is 101 Å². The Morgan fingerprint density at radius 1 is 1.65 bits per heavy atom. The van der Waals surface area contributed by atoms with Crippen LogP contribution in [0.15, 0.2) is 6.33 Å². The van der Waals surface area contributed by atoms with E-state index in [0.29, 0.717) is 13.0 Å². The first-order chi connectivity index (χ1) is 8.14. The molecule has 17 heavy (non-hydrogen) atoms. The third-order valence-corrected chi connectivity index (χ3v) is 3.28. The molecule has 2 atom stereocenters. The molecule has 0 saturated carbocycles. The fourth-order valence-corrected chi connectivity index (χ4v) is 2.51. The summed E-state index contributed by atoms with van der Waals surface area (Å²) in [5.41, 5.74) is 1.03. The van der Waals surface area contributed by atoms with Crippen molar-refractivity contribution in [2.45, 2.75) is 45.2 Å². The second-order valence-corrected chi connectivity index (χ2v) is 4.46. The van der Waals surface area contributed by atoms with E-state index in [1.54, 1.807) is 6.33 Å². The molecular weight excluding hydrogens is 218 g/mol. The second kappa shape index (κ2) is 4.49. The standard InChI is InChI=1S/C12H19N3O2/c1-4-12(11(16)17-5-2)10-9(13-7-14-10)6-8(3)15-12/h7-8,15H,4-6H2,1-3H3,(H,13,14)/t8-,12-/m1/s1. The number of nitrogens with one attached hydrogen (secondary N) is 2. The SMILES string of the molecule is CCOC(=O)[C@]1(CC)N[C@H](C)Cc2[nH]cnc21. The lowest BCUT2D eigenvalue weighted by atomic mass is 9.84. The molecule has 5 heteroatoms. The van der Waals surface area contributed by atoms with Crippen LogP contribution in [-0.2, 0) is 21.5 Å². The summed E-state index contributed by atoms with van der Waals surface area (Å²) < 4.78 is 5.19. The number of imidazole rings is 1. The number of aromatic nitrogens is 2. The van der Waals surface area contributed by atoms with E-state index in [0.717, 1.165) is 17.8 Å². The van der Waals surface area contributed by atoms with Crippen molar-refractivity contribution < 1.29 is 9.53 Å². The molecule has 2 rings (SSSR count). The van der Waals surface area contributed by atoms with Crippen LogP contribution in [-0.4, -0.2) is 28.6 Å². The minimum absolute atomic E-state index is 0.229. The highest BCUT2D eigenvalue weighted by Crippen LogP contribution is 2.32. The molecule has 0 radical (unpaired) electrons. The lowest BCUT2D eigenvalue weighted by molar-refractivity contribution is -0.153. The zero-order valence-electron chi connectivity index (χ0n) is 10.5. The summed E-state index contributed by atoms with van der Waals surface area (Å²) in [5, 5.41) is 3.35. The Morgan fingerprint density at radius 2 is 2.41 bits per heavy atom. The van der Waals surface area contributed by atoms with Crippen LogP contribution in [0.3, 0.4) is 0 Å². The van der Waals surface area contributed by atoms with E-state index in [2.05, 4.69) is 22.2 Å². The fraction of sp³-hybridized carbons (Fsp3) is 0.667. The Hall–Kier alpha value is -1.36. The molecule has 94 valence electrons. The van der Waals surface area contributed by atoms with Gasteiger partial charge < -0.3 is 9.72 Å². The maximum Gasteiger partial charge on any atom is 0.332 e.